The summed E-state index contributed by atoms with van der Waals surface area (Å²) in [7, 11) is 0. The van der Waals surface area contributed by atoms with Gasteiger partial charge in [-0.1, -0.05) is 65.9 Å². The second-order valence-corrected chi connectivity index (χ2v) is 8.84. The number of benzene rings is 2. The minimum Gasteiger partial charge on any atom is -0.294 e. The number of ketones is 1. The van der Waals surface area contributed by atoms with Crippen molar-refractivity contribution in [2.24, 2.45) is 0 Å². The molecule has 150 valence electrons. The summed E-state index contributed by atoms with van der Waals surface area (Å²) in [6.07, 6.45) is 3.06. The lowest BCUT2D eigenvalue weighted by molar-refractivity contribution is 0.0962. The molecular formula is C24H22N4OS. The predicted octanol–water partition coefficient (Wildman–Crippen LogP) is 4.95. The van der Waals surface area contributed by atoms with Gasteiger partial charge < -0.3 is 0 Å². The predicted molar refractivity (Wildman–Crippen MR) is 118 cm³/mol. The smallest absolute Gasteiger partial charge is 0.253 e. The van der Waals surface area contributed by atoms with Crippen LogP contribution in [0.3, 0.4) is 0 Å². The van der Waals surface area contributed by atoms with Crippen LogP contribution >= 0.6 is 11.8 Å². The molecule has 2 aromatic heterocycles. The van der Waals surface area contributed by atoms with Crippen molar-refractivity contribution in [3.63, 3.8) is 0 Å². The van der Waals surface area contributed by atoms with Crippen LogP contribution in [0.5, 0.6) is 0 Å². The van der Waals surface area contributed by atoms with Gasteiger partial charge in [-0.05, 0) is 42.9 Å². The normalized spacial score (nSPS) is 16.1. The zero-order valence-corrected chi connectivity index (χ0v) is 17.8. The Bertz CT molecular complexity index is 1250. The first-order chi connectivity index (χ1) is 14.6. The number of nitrogens with zero attached hydrogens (tertiary/aromatic N) is 4. The first-order valence-electron chi connectivity index (χ1n) is 10.1. The van der Waals surface area contributed by atoms with E-state index in [9.17, 15) is 4.79 Å². The highest BCUT2D eigenvalue weighted by atomic mass is 32.2. The van der Waals surface area contributed by atoms with Crippen molar-refractivity contribution in [2.45, 2.75) is 43.5 Å². The quantitative estimate of drug-likeness (QED) is 0.442. The number of hydrogen-bond donors (Lipinski definition) is 0. The van der Waals surface area contributed by atoms with Crippen LogP contribution in [0.15, 0.2) is 59.9 Å². The summed E-state index contributed by atoms with van der Waals surface area (Å²) in [5.74, 6) is 1.65. The van der Waals surface area contributed by atoms with Gasteiger partial charge in [-0.2, -0.15) is 4.98 Å². The van der Waals surface area contributed by atoms with E-state index in [4.69, 9.17) is 4.98 Å². The minimum atomic E-state index is 0.126. The Morgan fingerprint density at radius 2 is 1.83 bits per heavy atom. The van der Waals surface area contributed by atoms with Gasteiger partial charge in [0.25, 0.3) is 5.78 Å². The average Bonchev–Trinajstić information content (AvgIpc) is 3.14. The summed E-state index contributed by atoms with van der Waals surface area (Å²) in [5, 5.41) is 5.22. The fraction of sp³-hybridized carbons (Fsp3) is 0.250. The SMILES string of the molecule is Cc1ccc([C@@H]2CC(=O)c3cn4nc(SCc5ccccc5C)nc4nc3C2)cc1. The standard InChI is InChI=1S/C24H22N4OS/c1-15-7-9-17(10-8-15)19-11-21-20(22(29)12-19)13-28-23(25-21)26-24(27-28)30-14-18-6-4-3-5-16(18)2/h3-10,13,19H,11-12,14H2,1-2H3/t19-/m0/s1. The molecule has 0 saturated heterocycles. The molecular weight excluding hydrogens is 392 g/mol. The monoisotopic (exact) mass is 414 g/mol. The first kappa shape index (κ1) is 19.0. The molecule has 0 radical (unpaired) electrons. The van der Waals surface area contributed by atoms with E-state index in [-0.39, 0.29) is 11.7 Å². The van der Waals surface area contributed by atoms with E-state index in [1.165, 1.54) is 22.3 Å². The van der Waals surface area contributed by atoms with Crippen LogP contribution in [0.2, 0.25) is 0 Å². The van der Waals surface area contributed by atoms with Gasteiger partial charge in [0.2, 0.25) is 5.16 Å². The summed E-state index contributed by atoms with van der Waals surface area (Å²) >= 11 is 1.59. The lowest BCUT2D eigenvalue weighted by Crippen LogP contribution is -2.21. The maximum atomic E-state index is 12.8. The summed E-state index contributed by atoms with van der Waals surface area (Å²) in [4.78, 5) is 22.1. The Hall–Kier alpha value is -2.99. The average molecular weight is 415 g/mol. The molecule has 1 aliphatic carbocycles. The van der Waals surface area contributed by atoms with Crippen LogP contribution in [-0.4, -0.2) is 25.4 Å². The van der Waals surface area contributed by atoms with Gasteiger partial charge in [0, 0.05) is 18.4 Å². The number of hydrogen-bond acceptors (Lipinski definition) is 5. The fourth-order valence-corrected chi connectivity index (χ4v) is 4.81. The Labute approximate surface area is 179 Å². The molecule has 30 heavy (non-hydrogen) atoms. The molecule has 2 aromatic carbocycles. The molecule has 2 heterocycles. The van der Waals surface area contributed by atoms with Crippen LogP contribution in [0, 0.1) is 13.8 Å². The minimum absolute atomic E-state index is 0.126. The fourth-order valence-electron chi connectivity index (χ4n) is 3.91. The van der Waals surface area contributed by atoms with Crippen molar-refractivity contribution >= 4 is 23.3 Å². The van der Waals surface area contributed by atoms with Gasteiger partial charge in [-0.15, -0.1) is 5.10 Å². The maximum absolute atomic E-state index is 12.8. The van der Waals surface area contributed by atoms with Crippen LogP contribution in [-0.2, 0) is 12.2 Å². The number of Topliss-reactive ketones (excluding diaryl/α,β-unsaturated/α-hetero) is 1. The van der Waals surface area contributed by atoms with Crippen LogP contribution in [0.25, 0.3) is 5.78 Å². The highest BCUT2D eigenvalue weighted by Gasteiger charge is 2.28. The Kier molecular flexibility index (Phi) is 4.87. The molecule has 1 aliphatic rings. The van der Waals surface area contributed by atoms with Crippen molar-refractivity contribution in [3.05, 3.63) is 88.2 Å². The number of aromatic nitrogens is 4. The van der Waals surface area contributed by atoms with E-state index in [1.54, 1.807) is 22.5 Å². The molecule has 5 rings (SSSR count). The molecule has 0 N–H and O–H groups in total. The summed E-state index contributed by atoms with van der Waals surface area (Å²) < 4.78 is 1.64. The Morgan fingerprint density at radius 3 is 2.63 bits per heavy atom. The largest absolute Gasteiger partial charge is 0.294 e. The molecule has 5 nitrogen and oxygen atoms in total. The van der Waals surface area contributed by atoms with Crippen LogP contribution in [0.1, 0.15) is 50.6 Å². The van der Waals surface area contributed by atoms with E-state index in [1.807, 2.05) is 12.1 Å². The number of rotatable bonds is 4. The van der Waals surface area contributed by atoms with Crippen molar-refractivity contribution in [1.29, 1.82) is 0 Å². The highest BCUT2D eigenvalue weighted by Crippen LogP contribution is 2.32. The lowest BCUT2D eigenvalue weighted by atomic mass is 9.82. The summed E-state index contributed by atoms with van der Waals surface area (Å²) in [6.45, 7) is 4.18. The van der Waals surface area contributed by atoms with E-state index in [2.05, 4.69) is 60.3 Å². The van der Waals surface area contributed by atoms with Gasteiger partial charge in [0.05, 0.1) is 11.3 Å². The van der Waals surface area contributed by atoms with Gasteiger partial charge >= 0.3 is 0 Å². The van der Waals surface area contributed by atoms with E-state index in [0.29, 0.717) is 22.9 Å². The van der Waals surface area contributed by atoms with Crippen molar-refractivity contribution in [3.8, 4) is 0 Å². The molecule has 0 amide bonds. The Balaban J connectivity index is 1.41. The highest BCUT2D eigenvalue weighted by molar-refractivity contribution is 7.98. The number of thioether (sulfide) groups is 1. The third-order valence-electron chi connectivity index (χ3n) is 5.73. The second kappa shape index (κ2) is 7.69. The lowest BCUT2D eigenvalue weighted by Gasteiger charge is -2.23. The molecule has 0 unspecified atom stereocenters. The first-order valence-corrected chi connectivity index (χ1v) is 11.1. The topological polar surface area (TPSA) is 60.2 Å². The van der Waals surface area contributed by atoms with Crippen LogP contribution < -0.4 is 0 Å². The third kappa shape index (κ3) is 3.63. The Morgan fingerprint density at radius 1 is 1.03 bits per heavy atom. The van der Waals surface area contributed by atoms with Crippen molar-refractivity contribution in [1.82, 2.24) is 19.6 Å². The van der Waals surface area contributed by atoms with Crippen molar-refractivity contribution < 1.29 is 4.79 Å². The van der Waals surface area contributed by atoms with Gasteiger partial charge in [-0.25, -0.2) is 9.50 Å². The van der Waals surface area contributed by atoms with E-state index in [0.717, 1.165) is 17.9 Å². The van der Waals surface area contributed by atoms with Gasteiger partial charge in [0.1, 0.15) is 0 Å². The molecule has 4 aromatic rings. The molecule has 1 atom stereocenters. The van der Waals surface area contributed by atoms with E-state index >= 15 is 0 Å². The van der Waals surface area contributed by atoms with Crippen LogP contribution in [0.4, 0.5) is 0 Å². The molecule has 0 fully saturated rings. The number of fused-ring (bicyclic) bond motifs is 2. The second-order valence-electron chi connectivity index (χ2n) is 7.89. The third-order valence-corrected chi connectivity index (χ3v) is 6.62. The number of carbonyl (C=O) groups is 1. The molecule has 0 aliphatic heterocycles. The maximum Gasteiger partial charge on any atom is 0.253 e. The van der Waals surface area contributed by atoms with E-state index < -0.39 is 0 Å². The summed E-state index contributed by atoms with van der Waals surface area (Å²) in [6, 6.07) is 16.8. The number of carbonyl (C=O) groups excluding carboxylic acids is 1. The summed E-state index contributed by atoms with van der Waals surface area (Å²) in [5.41, 5.74) is 6.44. The number of aryl methyl sites for hydroxylation is 2. The molecule has 6 heteroatoms. The van der Waals surface area contributed by atoms with Crippen molar-refractivity contribution in [2.75, 3.05) is 0 Å². The molecule has 0 saturated carbocycles. The van der Waals surface area contributed by atoms with Gasteiger partial charge in [-0.3, -0.25) is 4.79 Å². The van der Waals surface area contributed by atoms with Gasteiger partial charge in [0.15, 0.2) is 5.78 Å². The molecule has 0 spiro atoms. The molecule has 0 bridgehead atoms. The zero-order valence-electron chi connectivity index (χ0n) is 17.0. The zero-order chi connectivity index (χ0) is 20.7.